The summed E-state index contributed by atoms with van der Waals surface area (Å²) in [4.78, 5) is 30.9. The molecule has 4 rings (SSSR count). The van der Waals surface area contributed by atoms with Crippen LogP contribution in [0.3, 0.4) is 0 Å². The Morgan fingerprint density at radius 1 is 0.974 bits per heavy atom. The Bertz CT molecular complexity index is 1370. The highest BCUT2D eigenvalue weighted by molar-refractivity contribution is 7.14. The number of esters is 2. The number of hydrogen-bond donors (Lipinski definition) is 2. The van der Waals surface area contributed by atoms with Crippen molar-refractivity contribution in [2.45, 2.75) is 33.6 Å². The number of methoxy groups -OCH3 is 1. The number of benzene rings is 2. The SMILES string of the molecule is CCOC(=O)C1=C(C)NC(C)=C(C(=O)OCC)C1c1cccc(Nc2nc(-c3ccccc3OC)cs2)c1. The lowest BCUT2D eigenvalue weighted by Gasteiger charge is -2.30. The van der Waals surface area contributed by atoms with E-state index in [1.54, 1.807) is 21.0 Å². The second-order valence-corrected chi connectivity index (χ2v) is 9.42. The molecule has 0 saturated carbocycles. The molecule has 0 amide bonds. The van der Waals surface area contributed by atoms with Crippen LogP contribution >= 0.6 is 11.3 Å². The van der Waals surface area contributed by atoms with Gasteiger partial charge in [0, 0.05) is 28.0 Å². The zero-order chi connectivity index (χ0) is 27.2. The molecule has 0 saturated heterocycles. The molecule has 9 heteroatoms. The molecule has 1 aliphatic heterocycles. The minimum Gasteiger partial charge on any atom is -0.496 e. The van der Waals surface area contributed by atoms with E-state index in [0.29, 0.717) is 27.7 Å². The molecule has 1 aliphatic rings. The summed E-state index contributed by atoms with van der Waals surface area (Å²) in [5.41, 5.74) is 5.26. The van der Waals surface area contributed by atoms with Gasteiger partial charge in [-0.25, -0.2) is 14.6 Å². The van der Waals surface area contributed by atoms with Crippen molar-refractivity contribution in [1.82, 2.24) is 10.3 Å². The first kappa shape index (κ1) is 26.9. The Labute approximate surface area is 226 Å². The molecule has 0 atom stereocenters. The molecule has 0 spiro atoms. The fourth-order valence-corrected chi connectivity index (χ4v) is 5.25. The van der Waals surface area contributed by atoms with E-state index < -0.39 is 17.9 Å². The summed E-state index contributed by atoms with van der Waals surface area (Å²) in [5.74, 6) is -0.857. The predicted molar refractivity (Wildman–Crippen MR) is 148 cm³/mol. The van der Waals surface area contributed by atoms with Crippen LogP contribution in [0.1, 0.15) is 39.2 Å². The van der Waals surface area contributed by atoms with Crippen LogP contribution in [0, 0.1) is 0 Å². The van der Waals surface area contributed by atoms with Crippen LogP contribution in [0.15, 0.2) is 76.5 Å². The van der Waals surface area contributed by atoms with Gasteiger partial charge in [-0.05, 0) is 57.5 Å². The molecule has 2 N–H and O–H groups in total. The largest absolute Gasteiger partial charge is 0.496 e. The highest BCUT2D eigenvalue weighted by Crippen LogP contribution is 2.40. The number of nitrogens with one attached hydrogen (secondary N) is 2. The van der Waals surface area contributed by atoms with Crippen LogP contribution in [0.2, 0.25) is 0 Å². The van der Waals surface area contributed by atoms with Gasteiger partial charge in [0.05, 0.1) is 43.1 Å². The van der Waals surface area contributed by atoms with Crippen molar-refractivity contribution in [3.05, 3.63) is 82.0 Å². The minimum atomic E-state index is -0.656. The highest BCUT2D eigenvalue weighted by Gasteiger charge is 2.38. The van der Waals surface area contributed by atoms with Gasteiger partial charge in [0.2, 0.25) is 0 Å². The Kier molecular flexibility index (Phi) is 8.48. The molecular formula is C29H31N3O5S. The number of carbonyl (C=O) groups is 2. The number of rotatable bonds is 9. The van der Waals surface area contributed by atoms with Crippen LogP contribution in [0.5, 0.6) is 5.75 Å². The van der Waals surface area contributed by atoms with E-state index in [-0.39, 0.29) is 13.2 Å². The van der Waals surface area contributed by atoms with Crippen molar-refractivity contribution in [3.8, 4) is 17.0 Å². The maximum atomic E-state index is 13.1. The summed E-state index contributed by atoms with van der Waals surface area (Å²) in [6.07, 6.45) is 0. The molecule has 8 nitrogen and oxygen atoms in total. The first-order valence-electron chi connectivity index (χ1n) is 12.4. The van der Waals surface area contributed by atoms with Gasteiger partial charge >= 0.3 is 11.9 Å². The van der Waals surface area contributed by atoms with Crippen molar-refractivity contribution in [2.24, 2.45) is 0 Å². The Morgan fingerprint density at radius 3 is 2.26 bits per heavy atom. The molecule has 2 heterocycles. The first-order chi connectivity index (χ1) is 18.4. The second kappa shape index (κ2) is 12.0. The Hall–Kier alpha value is -4.11. The van der Waals surface area contributed by atoms with Crippen molar-refractivity contribution in [3.63, 3.8) is 0 Å². The number of ether oxygens (including phenoxy) is 3. The summed E-state index contributed by atoms with van der Waals surface area (Å²) < 4.78 is 16.2. The number of anilines is 2. The summed E-state index contributed by atoms with van der Waals surface area (Å²) in [7, 11) is 1.64. The molecule has 198 valence electrons. The fraction of sp³-hybridized carbons (Fsp3) is 0.276. The van der Waals surface area contributed by atoms with Gasteiger partial charge in [0.15, 0.2) is 5.13 Å². The van der Waals surface area contributed by atoms with E-state index in [9.17, 15) is 9.59 Å². The number of hydrogen-bond acceptors (Lipinski definition) is 9. The number of carbonyl (C=O) groups excluding carboxylic acids is 2. The topological polar surface area (TPSA) is 98.8 Å². The summed E-state index contributed by atoms with van der Waals surface area (Å²) in [6, 6.07) is 15.3. The van der Waals surface area contributed by atoms with Crippen molar-refractivity contribution < 1.29 is 23.8 Å². The molecule has 2 aromatic carbocycles. The molecular weight excluding hydrogens is 502 g/mol. The van der Waals surface area contributed by atoms with Crippen LogP contribution in [-0.2, 0) is 19.1 Å². The zero-order valence-electron chi connectivity index (χ0n) is 22.1. The Morgan fingerprint density at radius 2 is 1.63 bits per heavy atom. The fourth-order valence-electron chi connectivity index (χ4n) is 4.52. The van der Waals surface area contributed by atoms with E-state index >= 15 is 0 Å². The lowest BCUT2D eigenvalue weighted by atomic mass is 9.80. The third-order valence-electron chi connectivity index (χ3n) is 6.11. The number of aromatic nitrogens is 1. The molecule has 0 fully saturated rings. The van der Waals surface area contributed by atoms with Crippen molar-refractivity contribution in [2.75, 3.05) is 25.6 Å². The lowest BCUT2D eigenvalue weighted by molar-refractivity contribution is -0.139. The molecule has 3 aromatic rings. The quantitative estimate of drug-likeness (QED) is 0.327. The maximum absolute atomic E-state index is 13.1. The monoisotopic (exact) mass is 533 g/mol. The maximum Gasteiger partial charge on any atom is 0.336 e. The lowest BCUT2D eigenvalue weighted by Crippen LogP contribution is -2.32. The smallest absolute Gasteiger partial charge is 0.336 e. The zero-order valence-corrected chi connectivity index (χ0v) is 22.9. The van der Waals surface area contributed by atoms with Crippen molar-refractivity contribution in [1.29, 1.82) is 0 Å². The average Bonchev–Trinajstić information content (AvgIpc) is 3.36. The van der Waals surface area contributed by atoms with E-state index in [4.69, 9.17) is 19.2 Å². The van der Waals surface area contributed by atoms with E-state index in [1.807, 2.05) is 67.8 Å². The molecule has 1 aromatic heterocycles. The first-order valence-corrected chi connectivity index (χ1v) is 13.2. The molecule has 0 aliphatic carbocycles. The average molecular weight is 534 g/mol. The number of dihydropyridines is 1. The summed E-state index contributed by atoms with van der Waals surface area (Å²) >= 11 is 1.47. The number of thiazole rings is 1. The number of allylic oxidation sites excluding steroid dienone is 2. The second-order valence-electron chi connectivity index (χ2n) is 8.56. The predicted octanol–water partition coefficient (Wildman–Crippen LogP) is 5.92. The van der Waals surface area contributed by atoms with Crippen LogP contribution < -0.4 is 15.4 Å². The molecule has 0 radical (unpaired) electrons. The number of nitrogens with zero attached hydrogens (tertiary/aromatic N) is 1. The van der Waals surface area contributed by atoms with Gasteiger partial charge in [-0.2, -0.15) is 0 Å². The van der Waals surface area contributed by atoms with Crippen LogP contribution in [-0.4, -0.2) is 37.2 Å². The van der Waals surface area contributed by atoms with Gasteiger partial charge in [0.1, 0.15) is 5.75 Å². The number of para-hydroxylation sites is 1. The van der Waals surface area contributed by atoms with Crippen LogP contribution in [0.4, 0.5) is 10.8 Å². The van der Waals surface area contributed by atoms with Gasteiger partial charge in [-0.15, -0.1) is 11.3 Å². The van der Waals surface area contributed by atoms with Gasteiger partial charge in [-0.3, -0.25) is 0 Å². The normalized spacial score (nSPS) is 13.7. The van der Waals surface area contributed by atoms with Crippen LogP contribution in [0.25, 0.3) is 11.3 Å². The Balaban J connectivity index is 1.70. The minimum absolute atomic E-state index is 0.222. The molecule has 0 unspecified atom stereocenters. The summed E-state index contributed by atoms with van der Waals surface area (Å²) in [6.45, 7) is 7.57. The van der Waals surface area contributed by atoms with E-state index in [0.717, 1.165) is 28.3 Å². The molecule has 38 heavy (non-hydrogen) atoms. The third-order valence-corrected chi connectivity index (χ3v) is 6.87. The van der Waals surface area contributed by atoms with E-state index in [1.165, 1.54) is 11.3 Å². The van der Waals surface area contributed by atoms with E-state index in [2.05, 4.69) is 10.6 Å². The van der Waals surface area contributed by atoms with Gasteiger partial charge in [0.25, 0.3) is 0 Å². The van der Waals surface area contributed by atoms with Gasteiger partial charge < -0.3 is 24.8 Å². The summed E-state index contributed by atoms with van der Waals surface area (Å²) in [5, 5.41) is 9.18. The van der Waals surface area contributed by atoms with Gasteiger partial charge in [-0.1, -0.05) is 24.3 Å². The third kappa shape index (κ3) is 5.57. The molecule has 0 bridgehead atoms. The highest BCUT2D eigenvalue weighted by atomic mass is 32.1. The van der Waals surface area contributed by atoms with Crippen molar-refractivity contribution >= 4 is 34.1 Å². The standard InChI is InChI=1S/C29H31N3O5S/c1-6-36-27(33)24-17(3)30-18(4)25(28(34)37-7-2)26(24)19-11-10-12-20(15-19)31-29-32-22(16-38-29)21-13-8-9-14-23(21)35-5/h8-16,26,30H,6-7H2,1-5H3,(H,31,32).